The Kier molecular flexibility index (Phi) is 6.99. The van der Waals surface area contributed by atoms with Crippen molar-refractivity contribution in [2.75, 3.05) is 26.8 Å². The molecule has 0 radical (unpaired) electrons. The minimum Gasteiger partial charge on any atom is -0.384 e. The standard InChI is InChI=1S/C15H22N2O2.ClH/c1-19-11-12-6-5-9-17(10-12)15(18)14(16)13-7-3-2-4-8-13;/h2-4,7-8,12,14H,5-6,9-11,16H2,1H3;1H. The summed E-state index contributed by atoms with van der Waals surface area (Å²) in [5, 5.41) is 0. The molecule has 0 aliphatic carbocycles. The highest BCUT2D eigenvalue weighted by Crippen LogP contribution is 2.20. The van der Waals surface area contributed by atoms with E-state index < -0.39 is 6.04 Å². The van der Waals surface area contributed by atoms with E-state index in [0.29, 0.717) is 12.5 Å². The zero-order chi connectivity index (χ0) is 13.7. The summed E-state index contributed by atoms with van der Waals surface area (Å²) in [5.41, 5.74) is 6.94. The van der Waals surface area contributed by atoms with Gasteiger partial charge in [0, 0.05) is 20.2 Å². The molecule has 2 atom stereocenters. The number of hydrogen-bond acceptors (Lipinski definition) is 3. The lowest BCUT2D eigenvalue weighted by Crippen LogP contribution is -2.45. The van der Waals surface area contributed by atoms with Gasteiger partial charge in [0.15, 0.2) is 0 Å². The molecule has 0 aromatic heterocycles. The van der Waals surface area contributed by atoms with Gasteiger partial charge in [-0.25, -0.2) is 0 Å². The number of ether oxygens (including phenoxy) is 1. The Morgan fingerprint density at radius 1 is 1.45 bits per heavy atom. The van der Waals surface area contributed by atoms with Crippen molar-refractivity contribution < 1.29 is 9.53 Å². The van der Waals surface area contributed by atoms with Crippen LogP contribution in [0.4, 0.5) is 0 Å². The number of piperidine rings is 1. The number of carbonyl (C=O) groups is 1. The number of hydrogen-bond donors (Lipinski definition) is 1. The summed E-state index contributed by atoms with van der Waals surface area (Å²) < 4.78 is 5.19. The average Bonchev–Trinajstić information content (AvgIpc) is 2.47. The van der Waals surface area contributed by atoms with Crippen molar-refractivity contribution in [1.29, 1.82) is 0 Å². The lowest BCUT2D eigenvalue weighted by Gasteiger charge is -2.34. The van der Waals surface area contributed by atoms with Crippen molar-refractivity contribution in [3.63, 3.8) is 0 Å². The van der Waals surface area contributed by atoms with Crippen molar-refractivity contribution in [2.45, 2.75) is 18.9 Å². The van der Waals surface area contributed by atoms with Gasteiger partial charge in [-0.2, -0.15) is 0 Å². The first-order valence-electron chi connectivity index (χ1n) is 6.80. The molecule has 1 amide bonds. The van der Waals surface area contributed by atoms with Crippen LogP contribution < -0.4 is 5.73 Å². The van der Waals surface area contributed by atoms with E-state index in [0.717, 1.165) is 31.5 Å². The van der Waals surface area contributed by atoms with E-state index in [4.69, 9.17) is 10.5 Å². The summed E-state index contributed by atoms with van der Waals surface area (Å²) in [4.78, 5) is 14.3. The van der Waals surface area contributed by atoms with Crippen LogP contribution in [0.2, 0.25) is 0 Å². The molecule has 1 heterocycles. The molecule has 20 heavy (non-hydrogen) atoms. The van der Waals surface area contributed by atoms with E-state index >= 15 is 0 Å². The second-order valence-corrected chi connectivity index (χ2v) is 5.14. The number of nitrogens with two attached hydrogens (primary N) is 1. The molecule has 4 nitrogen and oxygen atoms in total. The fourth-order valence-electron chi connectivity index (χ4n) is 2.64. The molecule has 1 saturated heterocycles. The second kappa shape index (κ2) is 8.25. The fourth-order valence-corrected chi connectivity index (χ4v) is 2.64. The number of amides is 1. The number of likely N-dealkylation sites (tertiary alicyclic amines) is 1. The monoisotopic (exact) mass is 298 g/mol. The molecule has 2 N–H and O–H groups in total. The third-order valence-corrected chi connectivity index (χ3v) is 3.66. The SMILES string of the molecule is COCC1CCCN(C(=O)C(N)c2ccccc2)C1.Cl. The van der Waals surface area contributed by atoms with Crippen LogP contribution in [0.25, 0.3) is 0 Å². The zero-order valence-corrected chi connectivity index (χ0v) is 12.6. The number of methoxy groups -OCH3 is 1. The van der Waals surface area contributed by atoms with Gasteiger partial charge in [-0.3, -0.25) is 4.79 Å². The lowest BCUT2D eigenvalue weighted by atomic mass is 9.97. The fraction of sp³-hybridized carbons (Fsp3) is 0.533. The highest BCUT2D eigenvalue weighted by molar-refractivity contribution is 5.85. The Balaban J connectivity index is 0.00000200. The van der Waals surface area contributed by atoms with Crippen LogP contribution in [0.3, 0.4) is 0 Å². The number of benzene rings is 1. The predicted octanol–water partition coefficient (Wildman–Crippen LogP) is 1.99. The lowest BCUT2D eigenvalue weighted by molar-refractivity contribution is -0.135. The zero-order valence-electron chi connectivity index (χ0n) is 11.8. The van der Waals surface area contributed by atoms with Gasteiger partial charge in [0.2, 0.25) is 5.91 Å². The molecule has 5 heteroatoms. The van der Waals surface area contributed by atoms with Crippen LogP contribution in [-0.2, 0) is 9.53 Å². The van der Waals surface area contributed by atoms with E-state index in [1.54, 1.807) is 7.11 Å². The number of carbonyl (C=O) groups excluding carboxylic acids is 1. The Bertz CT molecular complexity index is 412. The van der Waals surface area contributed by atoms with Crippen LogP contribution in [0.1, 0.15) is 24.4 Å². The summed E-state index contributed by atoms with van der Waals surface area (Å²) in [6, 6.07) is 9.00. The summed E-state index contributed by atoms with van der Waals surface area (Å²) in [5.74, 6) is 0.456. The number of nitrogens with zero attached hydrogens (tertiary/aromatic N) is 1. The summed E-state index contributed by atoms with van der Waals surface area (Å²) in [6.07, 6.45) is 2.15. The van der Waals surface area contributed by atoms with E-state index in [2.05, 4.69) is 0 Å². The van der Waals surface area contributed by atoms with E-state index in [1.165, 1.54) is 0 Å². The first-order valence-corrected chi connectivity index (χ1v) is 6.80. The third-order valence-electron chi connectivity index (χ3n) is 3.66. The molecule has 112 valence electrons. The van der Waals surface area contributed by atoms with Gasteiger partial charge in [0.05, 0.1) is 6.61 Å². The van der Waals surface area contributed by atoms with Gasteiger partial charge in [0.25, 0.3) is 0 Å². The van der Waals surface area contributed by atoms with Gasteiger partial charge in [-0.1, -0.05) is 30.3 Å². The number of rotatable bonds is 4. The molecule has 1 aromatic rings. The quantitative estimate of drug-likeness (QED) is 0.925. The molecule has 1 aliphatic heterocycles. The normalized spacial score (nSPS) is 20.1. The molecule has 1 aromatic carbocycles. The Morgan fingerprint density at radius 2 is 2.15 bits per heavy atom. The van der Waals surface area contributed by atoms with Gasteiger partial charge >= 0.3 is 0 Å². The molecular weight excluding hydrogens is 276 g/mol. The van der Waals surface area contributed by atoms with Crippen molar-refractivity contribution in [3.8, 4) is 0 Å². The summed E-state index contributed by atoms with van der Waals surface area (Å²) >= 11 is 0. The van der Waals surface area contributed by atoms with Gasteiger partial charge < -0.3 is 15.4 Å². The third kappa shape index (κ3) is 4.20. The second-order valence-electron chi connectivity index (χ2n) is 5.14. The largest absolute Gasteiger partial charge is 0.384 e. The highest BCUT2D eigenvalue weighted by atomic mass is 35.5. The molecule has 0 spiro atoms. The molecule has 1 fully saturated rings. The molecular formula is C15H23ClN2O2. The molecule has 0 saturated carbocycles. The first kappa shape index (κ1) is 17.0. The maximum absolute atomic E-state index is 12.4. The van der Waals surface area contributed by atoms with Crippen LogP contribution in [0, 0.1) is 5.92 Å². The molecule has 0 bridgehead atoms. The van der Waals surface area contributed by atoms with Crippen molar-refractivity contribution in [1.82, 2.24) is 4.90 Å². The Labute approximate surface area is 126 Å². The topological polar surface area (TPSA) is 55.6 Å². The minimum absolute atomic E-state index is 0. The van der Waals surface area contributed by atoms with Crippen LogP contribution in [0.15, 0.2) is 30.3 Å². The van der Waals surface area contributed by atoms with Crippen molar-refractivity contribution in [2.24, 2.45) is 11.7 Å². The predicted molar refractivity (Wildman–Crippen MR) is 81.8 cm³/mol. The smallest absolute Gasteiger partial charge is 0.244 e. The van der Waals surface area contributed by atoms with Crippen molar-refractivity contribution in [3.05, 3.63) is 35.9 Å². The maximum Gasteiger partial charge on any atom is 0.244 e. The first-order chi connectivity index (χ1) is 9.22. The minimum atomic E-state index is -0.553. The average molecular weight is 299 g/mol. The summed E-state index contributed by atoms with van der Waals surface area (Å²) in [6.45, 7) is 2.27. The van der Waals surface area contributed by atoms with E-state index in [1.807, 2.05) is 35.2 Å². The maximum atomic E-state index is 12.4. The molecule has 1 aliphatic rings. The van der Waals surface area contributed by atoms with Crippen LogP contribution >= 0.6 is 12.4 Å². The summed E-state index contributed by atoms with van der Waals surface area (Å²) in [7, 11) is 1.70. The van der Waals surface area contributed by atoms with E-state index in [-0.39, 0.29) is 18.3 Å². The van der Waals surface area contributed by atoms with E-state index in [9.17, 15) is 4.79 Å². The van der Waals surface area contributed by atoms with Gasteiger partial charge in [-0.05, 0) is 24.3 Å². The van der Waals surface area contributed by atoms with Crippen molar-refractivity contribution >= 4 is 18.3 Å². The highest BCUT2D eigenvalue weighted by Gasteiger charge is 2.27. The van der Waals surface area contributed by atoms with Crippen LogP contribution in [-0.4, -0.2) is 37.6 Å². The van der Waals surface area contributed by atoms with Gasteiger partial charge in [0.1, 0.15) is 6.04 Å². The van der Waals surface area contributed by atoms with Gasteiger partial charge in [-0.15, -0.1) is 12.4 Å². The number of halogens is 1. The molecule has 2 unspecified atom stereocenters. The Hall–Kier alpha value is -1.10. The Morgan fingerprint density at radius 3 is 2.80 bits per heavy atom. The molecule has 2 rings (SSSR count). The van der Waals surface area contributed by atoms with Crippen LogP contribution in [0.5, 0.6) is 0 Å².